The number of ether oxygens (including phenoxy) is 1. The molecule has 2 aromatic carbocycles. The van der Waals surface area contributed by atoms with Gasteiger partial charge in [0.15, 0.2) is 0 Å². The van der Waals surface area contributed by atoms with Crippen LogP contribution in [0.5, 0.6) is 5.75 Å². The molecule has 0 aliphatic heterocycles. The molecule has 6 nitrogen and oxygen atoms in total. The monoisotopic (exact) mass is 413 g/mol. The molecule has 6 heteroatoms. The second-order valence-corrected chi connectivity index (χ2v) is 7.63. The van der Waals surface area contributed by atoms with Crippen LogP contribution in [0.15, 0.2) is 67.0 Å². The predicted molar refractivity (Wildman–Crippen MR) is 125 cm³/mol. The first-order valence-electron chi connectivity index (χ1n) is 10.3. The largest absolute Gasteiger partial charge is 0.497 e. The molecule has 0 spiro atoms. The summed E-state index contributed by atoms with van der Waals surface area (Å²) < 4.78 is 5.35. The zero-order valence-corrected chi connectivity index (χ0v) is 18.0. The van der Waals surface area contributed by atoms with Crippen molar-refractivity contribution in [3.05, 3.63) is 89.5 Å². The zero-order valence-electron chi connectivity index (χ0n) is 18.0. The van der Waals surface area contributed by atoms with Crippen molar-refractivity contribution < 1.29 is 4.74 Å². The number of benzene rings is 2. The molecule has 0 bridgehead atoms. The number of nitrogens with one attached hydrogen (secondary N) is 2. The van der Waals surface area contributed by atoms with E-state index in [1.807, 2.05) is 30.3 Å². The van der Waals surface area contributed by atoms with Gasteiger partial charge in [0.2, 0.25) is 0 Å². The standard InChI is InChI=1S/C25H27N5O/c1-16-12-21(19-9-5-4-6-10-19)23(29-16)17(2)30-25-22(24(26)27-15-28-25)14-18-8-7-11-20(13-18)31-3/h4-13,15,17,29H,14H2,1-3H3,(H3,26,27,28,30). The van der Waals surface area contributed by atoms with Gasteiger partial charge < -0.3 is 20.8 Å². The summed E-state index contributed by atoms with van der Waals surface area (Å²) >= 11 is 0. The molecule has 31 heavy (non-hydrogen) atoms. The Morgan fingerprint density at radius 2 is 1.87 bits per heavy atom. The van der Waals surface area contributed by atoms with Crippen LogP contribution in [-0.4, -0.2) is 22.1 Å². The van der Waals surface area contributed by atoms with E-state index in [9.17, 15) is 0 Å². The van der Waals surface area contributed by atoms with Crippen molar-refractivity contribution in [1.29, 1.82) is 0 Å². The number of rotatable bonds is 7. The molecule has 0 saturated carbocycles. The molecule has 4 N–H and O–H groups in total. The van der Waals surface area contributed by atoms with Crippen LogP contribution in [0.1, 0.15) is 35.5 Å². The van der Waals surface area contributed by atoms with Crippen LogP contribution < -0.4 is 15.8 Å². The van der Waals surface area contributed by atoms with Gasteiger partial charge in [0.1, 0.15) is 23.7 Å². The third-order valence-corrected chi connectivity index (χ3v) is 5.35. The molecular formula is C25H27N5O. The minimum atomic E-state index is -0.0118. The second kappa shape index (κ2) is 8.92. The molecule has 1 unspecified atom stereocenters. The maximum Gasteiger partial charge on any atom is 0.135 e. The highest BCUT2D eigenvalue weighted by atomic mass is 16.5. The van der Waals surface area contributed by atoms with Crippen LogP contribution in [0.3, 0.4) is 0 Å². The Kier molecular flexibility index (Phi) is 5.89. The first-order valence-corrected chi connectivity index (χ1v) is 10.3. The Morgan fingerprint density at radius 1 is 1.06 bits per heavy atom. The maximum absolute atomic E-state index is 6.25. The Labute approximate surface area is 182 Å². The van der Waals surface area contributed by atoms with E-state index < -0.39 is 0 Å². The van der Waals surface area contributed by atoms with Crippen LogP contribution in [0, 0.1) is 6.92 Å². The number of anilines is 2. The lowest BCUT2D eigenvalue weighted by Gasteiger charge is -2.19. The topological polar surface area (TPSA) is 88.8 Å². The normalized spacial score (nSPS) is 11.8. The first-order chi connectivity index (χ1) is 15.0. The smallest absolute Gasteiger partial charge is 0.135 e. The van der Waals surface area contributed by atoms with Crippen LogP contribution in [0.4, 0.5) is 11.6 Å². The molecule has 0 aliphatic rings. The minimum Gasteiger partial charge on any atom is -0.497 e. The van der Waals surface area contributed by atoms with Gasteiger partial charge >= 0.3 is 0 Å². The average molecular weight is 414 g/mol. The van der Waals surface area contributed by atoms with E-state index in [1.54, 1.807) is 7.11 Å². The van der Waals surface area contributed by atoms with Gasteiger partial charge in [0.25, 0.3) is 0 Å². The number of hydrogen-bond acceptors (Lipinski definition) is 5. The summed E-state index contributed by atoms with van der Waals surface area (Å²) in [5.41, 5.74) is 12.8. The summed E-state index contributed by atoms with van der Waals surface area (Å²) in [6.07, 6.45) is 2.10. The zero-order chi connectivity index (χ0) is 21.8. The number of aryl methyl sites for hydroxylation is 1. The van der Waals surface area contributed by atoms with E-state index in [4.69, 9.17) is 10.5 Å². The van der Waals surface area contributed by atoms with Gasteiger partial charge in [-0.1, -0.05) is 42.5 Å². The van der Waals surface area contributed by atoms with Crippen molar-refractivity contribution in [1.82, 2.24) is 15.0 Å². The lowest BCUT2D eigenvalue weighted by Crippen LogP contribution is -2.13. The fourth-order valence-corrected chi connectivity index (χ4v) is 3.80. The minimum absolute atomic E-state index is 0.0118. The molecule has 0 fully saturated rings. The summed E-state index contributed by atoms with van der Waals surface area (Å²) in [6, 6.07) is 20.5. The van der Waals surface area contributed by atoms with Gasteiger partial charge in [-0.3, -0.25) is 0 Å². The van der Waals surface area contributed by atoms with Crippen LogP contribution >= 0.6 is 0 Å². The third-order valence-electron chi connectivity index (χ3n) is 5.35. The summed E-state index contributed by atoms with van der Waals surface area (Å²) in [6.45, 7) is 4.19. The molecule has 0 amide bonds. The Morgan fingerprint density at radius 3 is 2.65 bits per heavy atom. The van der Waals surface area contributed by atoms with Crippen molar-refractivity contribution in [2.45, 2.75) is 26.3 Å². The second-order valence-electron chi connectivity index (χ2n) is 7.63. The molecule has 4 aromatic rings. The third kappa shape index (κ3) is 4.53. The Balaban J connectivity index is 1.64. The van der Waals surface area contributed by atoms with Crippen LogP contribution in [0.25, 0.3) is 11.1 Å². The van der Waals surface area contributed by atoms with E-state index in [0.717, 1.165) is 34.1 Å². The predicted octanol–water partition coefficient (Wildman–Crippen LogP) is 5.13. The lowest BCUT2D eigenvalue weighted by atomic mass is 10.0. The highest BCUT2D eigenvalue weighted by molar-refractivity contribution is 5.68. The number of H-pyrrole nitrogens is 1. The molecule has 2 heterocycles. The van der Waals surface area contributed by atoms with E-state index >= 15 is 0 Å². The summed E-state index contributed by atoms with van der Waals surface area (Å²) in [5.74, 6) is 2.01. The van der Waals surface area contributed by atoms with Gasteiger partial charge in [0.05, 0.1) is 13.2 Å². The van der Waals surface area contributed by atoms with E-state index in [0.29, 0.717) is 12.2 Å². The molecule has 1 atom stereocenters. The molecule has 4 rings (SSSR count). The van der Waals surface area contributed by atoms with Gasteiger partial charge in [-0.25, -0.2) is 9.97 Å². The number of nitrogen functional groups attached to an aromatic ring is 1. The fraction of sp³-hybridized carbons (Fsp3) is 0.200. The quantitative estimate of drug-likeness (QED) is 0.391. The number of hydrogen-bond donors (Lipinski definition) is 3. The Hall–Kier alpha value is -3.80. The molecule has 0 radical (unpaired) electrons. The van der Waals surface area contributed by atoms with Crippen molar-refractivity contribution in [2.24, 2.45) is 0 Å². The number of nitrogens with zero attached hydrogens (tertiary/aromatic N) is 2. The Bertz CT molecular complexity index is 1170. The van der Waals surface area contributed by atoms with Gasteiger partial charge in [0, 0.05) is 28.9 Å². The van der Waals surface area contributed by atoms with Gasteiger partial charge in [-0.15, -0.1) is 0 Å². The van der Waals surface area contributed by atoms with Crippen LogP contribution in [-0.2, 0) is 6.42 Å². The molecule has 158 valence electrons. The van der Waals surface area contributed by atoms with Crippen molar-refractivity contribution in [3.63, 3.8) is 0 Å². The number of aromatic nitrogens is 3. The first kappa shape index (κ1) is 20.5. The average Bonchev–Trinajstić information content (AvgIpc) is 3.19. The van der Waals surface area contributed by atoms with Crippen LogP contribution in [0.2, 0.25) is 0 Å². The number of nitrogens with two attached hydrogens (primary N) is 1. The van der Waals surface area contributed by atoms with E-state index in [2.05, 4.69) is 64.4 Å². The summed E-state index contributed by atoms with van der Waals surface area (Å²) in [5, 5.41) is 3.55. The maximum atomic E-state index is 6.25. The van der Waals surface area contributed by atoms with E-state index in [1.165, 1.54) is 17.5 Å². The molecule has 2 aromatic heterocycles. The fourth-order valence-electron chi connectivity index (χ4n) is 3.80. The van der Waals surface area contributed by atoms with Crippen molar-refractivity contribution in [2.75, 3.05) is 18.2 Å². The summed E-state index contributed by atoms with van der Waals surface area (Å²) in [7, 11) is 1.66. The molecular weight excluding hydrogens is 386 g/mol. The summed E-state index contributed by atoms with van der Waals surface area (Å²) in [4.78, 5) is 12.2. The van der Waals surface area contributed by atoms with Gasteiger partial charge in [-0.05, 0) is 43.2 Å². The van der Waals surface area contributed by atoms with E-state index in [-0.39, 0.29) is 6.04 Å². The number of aromatic amines is 1. The highest BCUT2D eigenvalue weighted by Crippen LogP contribution is 2.32. The van der Waals surface area contributed by atoms with Crippen molar-refractivity contribution in [3.8, 4) is 16.9 Å². The molecule has 0 aliphatic carbocycles. The van der Waals surface area contributed by atoms with Crippen molar-refractivity contribution >= 4 is 11.6 Å². The lowest BCUT2D eigenvalue weighted by molar-refractivity contribution is 0.414. The number of methoxy groups -OCH3 is 1. The van der Waals surface area contributed by atoms with Gasteiger partial charge in [-0.2, -0.15) is 0 Å². The highest BCUT2D eigenvalue weighted by Gasteiger charge is 2.18. The SMILES string of the molecule is COc1cccc(Cc2c(N)ncnc2NC(C)c2[nH]c(C)cc2-c2ccccc2)c1. The molecule has 0 saturated heterocycles.